The predicted octanol–water partition coefficient (Wildman–Crippen LogP) is 11.0. The molecule has 2 heteroatoms. The maximum Gasteiger partial charge on any atom is -0.000884 e. The molecule has 0 heterocycles. The molecule has 0 nitrogen and oxygen atoms in total. The van der Waals surface area contributed by atoms with Crippen LogP contribution in [0, 0.1) is 41.5 Å². The first-order valence-corrected chi connectivity index (χ1v) is 20.9. The Morgan fingerprint density at radius 3 is 1.02 bits per heavy atom. The monoisotopic (exact) mass is 706 g/mol. The zero-order chi connectivity index (χ0) is 35.9. The Bertz CT molecular complexity index is 2440. The molecule has 0 aliphatic heterocycles. The van der Waals surface area contributed by atoms with E-state index in [0.29, 0.717) is 0 Å². The first kappa shape index (κ1) is 34.2. The van der Waals surface area contributed by atoms with Gasteiger partial charge in [-0.05, 0) is 122 Å². The molecule has 8 aromatic rings. The van der Waals surface area contributed by atoms with Crippen LogP contribution < -0.4 is 31.8 Å². The van der Waals surface area contributed by atoms with Gasteiger partial charge in [0.1, 0.15) is 0 Å². The molecule has 254 valence electrons. The van der Waals surface area contributed by atoms with Gasteiger partial charge >= 0.3 is 0 Å². The van der Waals surface area contributed by atoms with Crippen LogP contribution in [0.2, 0.25) is 0 Å². The molecule has 0 amide bonds. The van der Waals surface area contributed by atoms with Crippen LogP contribution in [0.5, 0.6) is 0 Å². The lowest BCUT2D eigenvalue weighted by molar-refractivity contribution is 1.40. The molecule has 0 fully saturated rings. The second-order valence-electron chi connectivity index (χ2n) is 14.4. The van der Waals surface area contributed by atoms with Crippen molar-refractivity contribution < 1.29 is 0 Å². The molecule has 8 aromatic carbocycles. The predicted molar refractivity (Wildman–Crippen MR) is 233 cm³/mol. The summed E-state index contributed by atoms with van der Waals surface area (Å²) in [6.45, 7) is 13.3. The summed E-state index contributed by atoms with van der Waals surface area (Å²) in [5.74, 6) is 0. The number of hydrogen-bond acceptors (Lipinski definition) is 0. The fraction of sp³-hybridized carbons (Fsp3) is 0.120. The quantitative estimate of drug-likeness (QED) is 0.145. The lowest BCUT2D eigenvalue weighted by atomic mass is 9.93. The molecule has 0 N–H and O–H groups in total. The van der Waals surface area contributed by atoms with Gasteiger partial charge in [0.05, 0.1) is 0 Å². The van der Waals surface area contributed by atoms with E-state index in [0.717, 1.165) is 0 Å². The minimum atomic E-state index is -0.925. The van der Waals surface area contributed by atoms with Crippen molar-refractivity contribution in [2.45, 2.75) is 41.5 Å². The molecule has 0 radical (unpaired) electrons. The van der Waals surface area contributed by atoms with E-state index in [1.807, 2.05) is 0 Å². The van der Waals surface area contributed by atoms with Crippen LogP contribution in [0.4, 0.5) is 0 Å². The average Bonchev–Trinajstić information content (AvgIpc) is 3.12. The van der Waals surface area contributed by atoms with Gasteiger partial charge in [-0.2, -0.15) is 0 Å². The summed E-state index contributed by atoms with van der Waals surface area (Å²) in [6, 6.07) is 60.6. The zero-order valence-corrected chi connectivity index (χ0v) is 32.7. The van der Waals surface area contributed by atoms with E-state index in [1.54, 1.807) is 0 Å². The van der Waals surface area contributed by atoms with Crippen LogP contribution in [-0.2, 0) is 0 Å². The Kier molecular flexibility index (Phi) is 9.40. The highest BCUT2D eigenvalue weighted by Gasteiger charge is 2.28. The SMILES string of the molecule is Cc1ccc(P(c2ccc(C)cc2)c2ccc3ccccc3c2-c2c(P(c3cc(C)cc(C)c3)c3cc(C)cc(C)c3)ccc3ccccc23)cc1. The Hall–Kier alpha value is -4.86. The van der Waals surface area contributed by atoms with E-state index in [-0.39, 0.29) is 0 Å². The highest BCUT2D eigenvalue weighted by atomic mass is 31.1. The lowest BCUT2D eigenvalue weighted by Gasteiger charge is -2.29. The first-order chi connectivity index (χ1) is 25.2. The fourth-order valence-corrected chi connectivity index (χ4v) is 13.1. The molecular weight excluding hydrogens is 662 g/mol. The maximum atomic E-state index is 2.46. The van der Waals surface area contributed by atoms with Gasteiger partial charge < -0.3 is 0 Å². The molecule has 0 aliphatic carbocycles. The first-order valence-electron chi connectivity index (χ1n) is 18.2. The third kappa shape index (κ3) is 6.63. The Balaban J connectivity index is 1.54. The zero-order valence-electron chi connectivity index (χ0n) is 30.9. The minimum absolute atomic E-state index is 0.897. The molecule has 0 aliphatic rings. The molecule has 0 spiro atoms. The summed E-state index contributed by atoms with van der Waals surface area (Å²) >= 11 is 0. The molecular formula is C50H44P2. The Morgan fingerprint density at radius 2 is 0.635 bits per heavy atom. The number of hydrogen-bond donors (Lipinski definition) is 0. The van der Waals surface area contributed by atoms with Gasteiger partial charge in [0.15, 0.2) is 0 Å². The molecule has 0 saturated heterocycles. The van der Waals surface area contributed by atoms with Gasteiger partial charge in [-0.15, -0.1) is 0 Å². The van der Waals surface area contributed by atoms with Crippen molar-refractivity contribution in [3.63, 3.8) is 0 Å². The van der Waals surface area contributed by atoms with Crippen molar-refractivity contribution >= 4 is 69.2 Å². The second-order valence-corrected chi connectivity index (χ2v) is 18.8. The second kappa shape index (κ2) is 14.3. The third-order valence-electron chi connectivity index (χ3n) is 10.1. The standard InChI is InChI=1S/C50H44P2/c1-33-15-21-41(22-16-33)51(42-23-17-34(2)18-24-42)47-25-19-39-11-7-9-13-45(39)49(47)50-46-14-10-8-12-40(46)20-26-48(50)52(43-29-35(3)27-36(4)30-43)44-31-37(5)28-38(6)32-44/h7-32H,1-6H3. The van der Waals surface area contributed by atoms with E-state index in [4.69, 9.17) is 0 Å². The average molecular weight is 707 g/mol. The summed E-state index contributed by atoms with van der Waals surface area (Å²) < 4.78 is 0. The van der Waals surface area contributed by atoms with Crippen molar-refractivity contribution in [1.29, 1.82) is 0 Å². The minimum Gasteiger partial charge on any atom is -0.0616 e. The number of fused-ring (bicyclic) bond motifs is 2. The van der Waals surface area contributed by atoms with Gasteiger partial charge in [-0.3, -0.25) is 0 Å². The molecule has 0 saturated carbocycles. The van der Waals surface area contributed by atoms with E-state index in [9.17, 15) is 0 Å². The summed E-state index contributed by atoms with van der Waals surface area (Å²) in [7, 11) is -1.82. The smallest absolute Gasteiger partial charge is 0.000884 e. The van der Waals surface area contributed by atoms with Crippen molar-refractivity contribution in [2.24, 2.45) is 0 Å². The largest absolute Gasteiger partial charge is 0.0616 e. The van der Waals surface area contributed by atoms with E-state index >= 15 is 0 Å². The van der Waals surface area contributed by atoms with Gasteiger partial charge in [-0.1, -0.05) is 191 Å². The molecule has 0 aromatic heterocycles. The van der Waals surface area contributed by atoms with Crippen LogP contribution in [0.25, 0.3) is 32.7 Å². The van der Waals surface area contributed by atoms with Crippen LogP contribution in [0.3, 0.4) is 0 Å². The summed E-state index contributed by atoms with van der Waals surface area (Å²) in [5, 5.41) is 13.5. The maximum absolute atomic E-state index is 2.46. The summed E-state index contributed by atoms with van der Waals surface area (Å²) in [5.41, 5.74) is 10.5. The Labute approximate surface area is 311 Å². The van der Waals surface area contributed by atoms with Crippen molar-refractivity contribution in [3.05, 3.63) is 191 Å². The van der Waals surface area contributed by atoms with E-state index in [1.165, 1.54) is 97.9 Å². The number of rotatable bonds is 7. The van der Waals surface area contributed by atoms with E-state index in [2.05, 4.69) is 199 Å². The summed E-state index contributed by atoms with van der Waals surface area (Å²) in [6.07, 6.45) is 0. The van der Waals surface area contributed by atoms with Gasteiger partial charge in [0.2, 0.25) is 0 Å². The molecule has 52 heavy (non-hydrogen) atoms. The van der Waals surface area contributed by atoms with Crippen molar-refractivity contribution in [2.75, 3.05) is 0 Å². The van der Waals surface area contributed by atoms with E-state index < -0.39 is 15.8 Å². The van der Waals surface area contributed by atoms with Crippen LogP contribution in [0.15, 0.2) is 158 Å². The van der Waals surface area contributed by atoms with Crippen molar-refractivity contribution in [1.82, 2.24) is 0 Å². The number of aryl methyl sites for hydroxylation is 6. The normalized spacial score (nSPS) is 11.6. The third-order valence-corrected chi connectivity index (χ3v) is 14.9. The molecule has 0 unspecified atom stereocenters. The highest BCUT2D eigenvalue weighted by molar-refractivity contribution is 7.80. The van der Waals surface area contributed by atoms with Gasteiger partial charge in [0, 0.05) is 0 Å². The van der Waals surface area contributed by atoms with Gasteiger partial charge in [-0.25, -0.2) is 0 Å². The Morgan fingerprint density at radius 1 is 0.288 bits per heavy atom. The van der Waals surface area contributed by atoms with Gasteiger partial charge in [0.25, 0.3) is 0 Å². The van der Waals surface area contributed by atoms with Crippen LogP contribution in [0.1, 0.15) is 33.4 Å². The molecule has 0 bridgehead atoms. The molecule has 8 rings (SSSR count). The lowest BCUT2D eigenvalue weighted by Crippen LogP contribution is -2.26. The summed E-state index contributed by atoms with van der Waals surface area (Å²) in [4.78, 5) is 0. The highest BCUT2D eigenvalue weighted by Crippen LogP contribution is 2.46. The number of benzene rings is 8. The van der Waals surface area contributed by atoms with Crippen molar-refractivity contribution in [3.8, 4) is 11.1 Å². The molecule has 0 atom stereocenters. The topological polar surface area (TPSA) is 0 Å². The van der Waals surface area contributed by atoms with Crippen LogP contribution in [-0.4, -0.2) is 0 Å². The fourth-order valence-electron chi connectivity index (χ4n) is 7.82. The van der Waals surface area contributed by atoms with Crippen LogP contribution >= 0.6 is 15.8 Å².